The van der Waals surface area contributed by atoms with Crippen molar-refractivity contribution in [1.29, 1.82) is 5.26 Å². The Kier molecular flexibility index (Phi) is 5.07. The molecule has 0 aliphatic rings. The van der Waals surface area contributed by atoms with Crippen molar-refractivity contribution in [2.75, 3.05) is 14.1 Å². The molecule has 2 aromatic rings. The number of benzene rings is 1. The van der Waals surface area contributed by atoms with Crippen molar-refractivity contribution in [3.8, 4) is 11.8 Å². The van der Waals surface area contributed by atoms with E-state index in [1.807, 2.05) is 50.2 Å². The zero-order chi connectivity index (χ0) is 17.1. The number of aromatic nitrogens is 1. The van der Waals surface area contributed by atoms with Crippen LogP contribution in [-0.4, -0.2) is 29.5 Å². The van der Waals surface area contributed by atoms with E-state index in [0.29, 0.717) is 0 Å². The lowest BCUT2D eigenvalue weighted by molar-refractivity contribution is -0.124. The molecule has 5 heteroatoms. The molecule has 0 bridgehead atoms. The van der Waals surface area contributed by atoms with E-state index in [4.69, 9.17) is 0 Å². The molecule has 1 aromatic carbocycles. The Morgan fingerprint density at radius 3 is 2.39 bits per heavy atom. The first-order valence-corrected chi connectivity index (χ1v) is 7.92. The number of aryl methyl sites for hydroxylation is 1. The molecule has 23 heavy (non-hydrogen) atoms. The number of rotatable bonds is 3. The van der Waals surface area contributed by atoms with Crippen LogP contribution in [0.15, 0.2) is 40.4 Å². The van der Waals surface area contributed by atoms with Crippen molar-refractivity contribution in [3.05, 3.63) is 57.3 Å². The standard InChI is InChI=1S/C18H18BrN3O/c1-12-9-14(10-15(11-20)18(23)21(3)4)13(2)22(12)17-7-5-16(19)6-8-17/h5-10H,1-4H3/b15-10+. The summed E-state index contributed by atoms with van der Waals surface area (Å²) < 4.78 is 3.13. The molecule has 1 amide bonds. The predicted molar refractivity (Wildman–Crippen MR) is 95.2 cm³/mol. The lowest BCUT2D eigenvalue weighted by Crippen LogP contribution is -2.22. The Morgan fingerprint density at radius 1 is 1.26 bits per heavy atom. The largest absolute Gasteiger partial charge is 0.344 e. The van der Waals surface area contributed by atoms with E-state index in [-0.39, 0.29) is 11.5 Å². The smallest absolute Gasteiger partial charge is 0.264 e. The average molecular weight is 372 g/mol. The SMILES string of the molecule is Cc1cc(/C=C(\C#N)C(=O)N(C)C)c(C)n1-c1ccc(Br)cc1. The molecule has 0 unspecified atom stereocenters. The van der Waals surface area contributed by atoms with Crippen LogP contribution in [0, 0.1) is 25.2 Å². The third-order valence-electron chi connectivity index (χ3n) is 3.61. The second kappa shape index (κ2) is 6.84. The fourth-order valence-electron chi connectivity index (χ4n) is 2.46. The van der Waals surface area contributed by atoms with Gasteiger partial charge in [-0.25, -0.2) is 0 Å². The second-order valence-corrected chi connectivity index (χ2v) is 6.42. The number of halogens is 1. The number of carbonyl (C=O) groups is 1. The first-order chi connectivity index (χ1) is 10.8. The summed E-state index contributed by atoms with van der Waals surface area (Å²) in [6, 6.07) is 12.0. The van der Waals surface area contributed by atoms with Crippen LogP contribution >= 0.6 is 15.9 Å². The zero-order valence-corrected chi connectivity index (χ0v) is 15.2. The Bertz CT molecular complexity index is 808. The van der Waals surface area contributed by atoms with Gasteiger partial charge in [-0.05, 0) is 55.8 Å². The number of hydrogen-bond donors (Lipinski definition) is 0. The van der Waals surface area contributed by atoms with Crippen molar-refractivity contribution >= 4 is 27.9 Å². The van der Waals surface area contributed by atoms with Crippen molar-refractivity contribution < 1.29 is 4.79 Å². The summed E-state index contributed by atoms with van der Waals surface area (Å²) in [6.07, 6.45) is 1.65. The van der Waals surface area contributed by atoms with Crippen molar-refractivity contribution in [2.45, 2.75) is 13.8 Å². The van der Waals surface area contributed by atoms with Crippen molar-refractivity contribution in [2.24, 2.45) is 0 Å². The maximum Gasteiger partial charge on any atom is 0.264 e. The molecule has 0 atom stereocenters. The van der Waals surface area contributed by atoms with Crippen molar-refractivity contribution in [1.82, 2.24) is 9.47 Å². The molecule has 4 nitrogen and oxygen atoms in total. The lowest BCUT2D eigenvalue weighted by atomic mass is 10.1. The highest BCUT2D eigenvalue weighted by Gasteiger charge is 2.14. The summed E-state index contributed by atoms with van der Waals surface area (Å²) in [6.45, 7) is 3.99. The second-order valence-electron chi connectivity index (χ2n) is 5.51. The Hall–Kier alpha value is -2.32. The third kappa shape index (κ3) is 3.54. The molecule has 118 valence electrons. The van der Waals surface area contributed by atoms with E-state index in [1.165, 1.54) is 4.90 Å². The van der Waals surface area contributed by atoms with Gasteiger partial charge >= 0.3 is 0 Å². The Labute approximate surface area is 144 Å². The molecule has 1 heterocycles. The highest BCUT2D eigenvalue weighted by atomic mass is 79.9. The van der Waals surface area contributed by atoms with Gasteiger partial charge in [0.2, 0.25) is 0 Å². The fourth-order valence-corrected chi connectivity index (χ4v) is 2.72. The van der Waals surface area contributed by atoms with Crippen LogP contribution in [0.1, 0.15) is 17.0 Å². The van der Waals surface area contributed by atoms with Gasteiger partial charge in [-0.3, -0.25) is 4.79 Å². The lowest BCUT2D eigenvalue weighted by Gasteiger charge is -2.10. The number of likely N-dealkylation sites (N-methyl/N-ethyl adjacent to an activating group) is 1. The molecule has 0 radical (unpaired) electrons. The summed E-state index contributed by atoms with van der Waals surface area (Å²) in [5.41, 5.74) is 4.08. The van der Waals surface area contributed by atoms with Crippen LogP contribution in [0.4, 0.5) is 0 Å². The van der Waals surface area contributed by atoms with E-state index in [9.17, 15) is 10.1 Å². The van der Waals surface area contributed by atoms with Crippen LogP contribution < -0.4 is 0 Å². The average Bonchev–Trinajstić information content (AvgIpc) is 2.79. The first-order valence-electron chi connectivity index (χ1n) is 7.13. The van der Waals surface area contributed by atoms with E-state index in [0.717, 1.165) is 27.1 Å². The first kappa shape index (κ1) is 17.0. The third-order valence-corrected chi connectivity index (χ3v) is 4.14. The molecule has 0 fully saturated rings. The summed E-state index contributed by atoms with van der Waals surface area (Å²) >= 11 is 3.43. The normalized spacial score (nSPS) is 11.2. The molecule has 1 aromatic heterocycles. The van der Waals surface area contributed by atoms with E-state index >= 15 is 0 Å². The molecule has 0 aliphatic carbocycles. The molecule has 0 spiro atoms. The van der Waals surface area contributed by atoms with Crippen molar-refractivity contribution in [3.63, 3.8) is 0 Å². The van der Waals surface area contributed by atoms with E-state index in [2.05, 4.69) is 20.5 Å². The molecule has 0 aliphatic heterocycles. The molecule has 0 saturated heterocycles. The number of amides is 1. The molecule has 2 rings (SSSR count). The van der Waals surface area contributed by atoms with Crippen LogP contribution in [0.5, 0.6) is 0 Å². The van der Waals surface area contributed by atoms with Crippen LogP contribution in [0.2, 0.25) is 0 Å². The Balaban J connectivity index is 2.51. The number of nitrogens with zero attached hydrogens (tertiary/aromatic N) is 3. The highest BCUT2D eigenvalue weighted by Crippen LogP contribution is 2.24. The maximum absolute atomic E-state index is 12.0. The monoisotopic (exact) mass is 371 g/mol. The summed E-state index contributed by atoms with van der Waals surface area (Å²) in [5, 5.41) is 9.24. The predicted octanol–water partition coefficient (Wildman–Crippen LogP) is 3.85. The molecular formula is C18H18BrN3O. The molecular weight excluding hydrogens is 354 g/mol. The van der Waals surface area contributed by atoms with Gasteiger partial charge in [0.25, 0.3) is 5.91 Å². The Morgan fingerprint density at radius 2 is 1.87 bits per heavy atom. The number of nitriles is 1. The van der Waals surface area contributed by atoms with E-state index < -0.39 is 0 Å². The minimum atomic E-state index is -0.291. The fraction of sp³-hybridized carbons (Fsp3) is 0.222. The van der Waals surface area contributed by atoms with Gasteiger partial charge in [0.15, 0.2) is 0 Å². The topological polar surface area (TPSA) is 49.0 Å². The van der Waals surface area contributed by atoms with Crippen LogP contribution in [-0.2, 0) is 4.79 Å². The highest BCUT2D eigenvalue weighted by molar-refractivity contribution is 9.10. The molecule has 0 N–H and O–H groups in total. The van der Waals surface area contributed by atoms with Crippen LogP contribution in [0.25, 0.3) is 11.8 Å². The maximum atomic E-state index is 12.0. The quantitative estimate of drug-likeness (QED) is 0.607. The van der Waals surface area contributed by atoms with Gasteiger partial charge in [0, 0.05) is 35.6 Å². The van der Waals surface area contributed by atoms with Gasteiger partial charge in [-0.2, -0.15) is 5.26 Å². The number of carbonyl (C=O) groups excluding carboxylic acids is 1. The summed E-state index contributed by atoms with van der Waals surface area (Å²) in [5.74, 6) is -0.291. The van der Waals surface area contributed by atoms with Gasteiger partial charge in [0.05, 0.1) is 0 Å². The van der Waals surface area contributed by atoms with Gasteiger partial charge in [0.1, 0.15) is 11.6 Å². The minimum absolute atomic E-state index is 0.131. The number of hydrogen-bond acceptors (Lipinski definition) is 2. The van der Waals surface area contributed by atoms with Gasteiger partial charge in [-0.1, -0.05) is 15.9 Å². The zero-order valence-electron chi connectivity index (χ0n) is 13.6. The minimum Gasteiger partial charge on any atom is -0.344 e. The van der Waals surface area contributed by atoms with Crippen LogP contribution in [0.3, 0.4) is 0 Å². The summed E-state index contributed by atoms with van der Waals surface area (Å²) in [4.78, 5) is 13.4. The molecule has 0 saturated carbocycles. The van der Waals surface area contributed by atoms with Gasteiger partial charge < -0.3 is 9.47 Å². The van der Waals surface area contributed by atoms with E-state index in [1.54, 1.807) is 20.2 Å². The summed E-state index contributed by atoms with van der Waals surface area (Å²) in [7, 11) is 3.28. The van der Waals surface area contributed by atoms with Gasteiger partial charge in [-0.15, -0.1) is 0 Å².